The van der Waals surface area contributed by atoms with Crippen molar-refractivity contribution in [3.63, 3.8) is 0 Å². The second-order valence-corrected chi connectivity index (χ2v) is 8.11. The predicted molar refractivity (Wildman–Crippen MR) is 126 cm³/mol. The third-order valence-corrected chi connectivity index (χ3v) is 5.75. The van der Waals surface area contributed by atoms with Gasteiger partial charge in [-0.1, -0.05) is 24.3 Å². The van der Waals surface area contributed by atoms with E-state index in [1.165, 1.54) is 6.07 Å². The smallest absolute Gasteiger partial charge is 0.222 e. The minimum Gasteiger partial charge on any atom is -0.361 e. The number of nitrogens with zero attached hydrogens (tertiary/aromatic N) is 2. The van der Waals surface area contributed by atoms with E-state index < -0.39 is 0 Å². The number of hydrogen-bond donors (Lipinski definition) is 3. The van der Waals surface area contributed by atoms with Crippen molar-refractivity contribution in [2.45, 2.75) is 39.3 Å². The van der Waals surface area contributed by atoms with E-state index in [0.717, 1.165) is 59.5 Å². The van der Waals surface area contributed by atoms with Crippen molar-refractivity contribution < 1.29 is 9.18 Å². The van der Waals surface area contributed by atoms with Gasteiger partial charge >= 0.3 is 0 Å². The van der Waals surface area contributed by atoms with Gasteiger partial charge in [0.25, 0.3) is 0 Å². The molecule has 1 fully saturated rings. The summed E-state index contributed by atoms with van der Waals surface area (Å²) in [6.45, 7) is 5.61. The summed E-state index contributed by atoms with van der Waals surface area (Å²) in [7, 11) is 0. The number of aromatic nitrogens is 1. The van der Waals surface area contributed by atoms with Crippen LogP contribution in [-0.2, 0) is 24.3 Å². The summed E-state index contributed by atoms with van der Waals surface area (Å²) in [4.78, 5) is 21.6. The fourth-order valence-electron chi connectivity index (χ4n) is 4.03. The maximum Gasteiger partial charge on any atom is 0.222 e. The summed E-state index contributed by atoms with van der Waals surface area (Å²) >= 11 is 0. The summed E-state index contributed by atoms with van der Waals surface area (Å²) in [5.41, 5.74) is 4.29. The molecule has 0 bridgehead atoms. The van der Waals surface area contributed by atoms with E-state index in [0.29, 0.717) is 26.1 Å². The number of guanidine groups is 1. The number of rotatable bonds is 8. The van der Waals surface area contributed by atoms with Crippen LogP contribution in [-0.4, -0.2) is 41.4 Å². The van der Waals surface area contributed by atoms with Crippen molar-refractivity contribution in [1.29, 1.82) is 0 Å². The number of fused-ring (bicyclic) bond motifs is 1. The number of carbonyl (C=O) groups is 1. The zero-order valence-corrected chi connectivity index (χ0v) is 18.5. The molecule has 0 spiro atoms. The molecule has 1 aromatic heterocycles. The Morgan fingerprint density at radius 3 is 2.72 bits per heavy atom. The number of aliphatic imine (C=N–C) groups is 1. The number of benzene rings is 2. The van der Waals surface area contributed by atoms with Crippen molar-refractivity contribution in [3.8, 4) is 0 Å². The van der Waals surface area contributed by atoms with Crippen molar-refractivity contribution in [2.24, 2.45) is 4.99 Å². The summed E-state index contributed by atoms with van der Waals surface area (Å²) in [5, 5.41) is 7.55. The lowest BCUT2D eigenvalue weighted by Gasteiger charge is -2.15. The van der Waals surface area contributed by atoms with Crippen LogP contribution >= 0.6 is 0 Å². The molecule has 0 saturated carbocycles. The molecule has 1 saturated heterocycles. The van der Waals surface area contributed by atoms with Gasteiger partial charge in [-0.25, -0.2) is 9.38 Å². The van der Waals surface area contributed by atoms with Crippen molar-refractivity contribution >= 4 is 22.8 Å². The molecule has 1 amide bonds. The highest BCUT2D eigenvalue weighted by Gasteiger charge is 2.19. The first-order chi connectivity index (χ1) is 15.6. The molecule has 32 heavy (non-hydrogen) atoms. The summed E-state index contributed by atoms with van der Waals surface area (Å²) in [5.74, 6) is 0.780. The minimum atomic E-state index is -0.223. The average Bonchev–Trinajstić information content (AvgIpc) is 3.38. The minimum absolute atomic E-state index is 0.223. The zero-order chi connectivity index (χ0) is 22.3. The van der Waals surface area contributed by atoms with E-state index in [1.54, 1.807) is 12.1 Å². The van der Waals surface area contributed by atoms with E-state index in [-0.39, 0.29) is 11.7 Å². The molecule has 168 valence electrons. The van der Waals surface area contributed by atoms with Crippen LogP contribution in [0.15, 0.2) is 53.7 Å². The van der Waals surface area contributed by atoms with Gasteiger partial charge in [0.1, 0.15) is 5.82 Å². The number of H-pyrrole nitrogens is 1. The predicted octanol–water partition coefficient (Wildman–Crippen LogP) is 3.73. The Balaban J connectivity index is 1.31. The van der Waals surface area contributed by atoms with Gasteiger partial charge in [-0.05, 0) is 54.7 Å². The number of aromatic amines is 1. The third-order valence-electron chi connectivity index (χ3n) is 5.75. The average molecular weight is 436 g/mol. The largest absolute Gasteiger partial charge is 0.361 e. The molecule has 4 rings (SSSR count). The Morgan fingerprint density at radius 2 is 1.97 bits per heavy atom. The lowest BCUT2D eigenvalue weighted by atomic mass is 10.1. The molecule has 6 nitrogen and oxygen atoms in total. The molecule has 1 aliphatic heterocycles. The maximum absolute atomic E-state index is 13.6. The topological polar surface area (TPSA) is 72.5 Å². The summed E-state index contributed by atoms with van der Waals surface area (Å²) in [6.07, 6.45) is 4.33. The van der Waals surface area contributed by atoms with Gasteiger partial charge in [-0.3, -0.25) is 4.79 Å². The lowest BCUT2D eigenvalue weighted by Crippen LogP contribution is -2.38. The van der Waals surface area contributed by atoms with Crippen LogP contribution in [0.1, 0.15) is 36.5 Å². The van der Waals surface area contributed by atoms with E-state index in [9.17, 15) is 9.18 Å². The SMILES string of the molecule is CCNC(=NCc1ccc(CN2CCCC2=O)cc1)NCCc1c[nH]c2ccc(F)cc12. The molecule has 0 aliphatic carbocycles. The van der Waals surface area contributed by atoms with Gasteiger partial charge in [-0.15, -0.1) is 0 Å². The van der Waals surface area contributed by atoms with E-state index in [1.807, 2.05) is 18.0 Å². The second-order valence-electron chi connectivity index (χ2n) is 8.11. The van der Waals surface area contributed by atoms with Gasteiger partial charge < -0.3 is 20.5 Å². The first kappa shape index (κ1) is 21.9. The maximum atomic E-state index is 13.6. The number of amides is 1. The monoisotopic (exact) mass is 435 g/mol. The van der Waals surface area contributed by atoms with Crippen LogP contribution in [0.5, 0.6) is 0 Å². The Labute approximate surface area is 187 Å². The fraction of sp³-hybridized carbons (Fsp3) is 0.360. The molecular weight excluding hydrogens is 405 g/mol. The number of carbonyl (C=O) groups excluding carboxylic acids is 1. The summed E-state index contributed by atoms with van der Waals surface area (Å²) in [6, 6.07) is 13.1. The number of nitrogens with one attached hydrogen (secondary N) is 3. The molecule has 0 unspecified atom stereocenters. The van der Waals surface area contributed by atoms with Crippen LogP contribution in [0, 0.1) is 5.82 Å². The first-order valence-electron chi connectivity index (χ1n) is 11.3. The van der Waals surface area contributed by atoms with E-state index in [4.69, 9.17) is 0 Å². The Morgan fingerprint density at radius 1 is 1.16 bits per heavy atom. The van der Waals surface area contributed by atoms with E-state index >= 15 is 0 Å². The molecule has 0 radical (unpaired) electrons. The van der Waals surface area contributed by atoms with Crippen molar-refractivity contribution in [3.05, 3.63) is 71.2 Å². The highest BCUT2D eigenvalue weighted by atomic mass is 19.1. The Bertz CT molecular complexity index is 1090. The molecule has 2 aromatic carbocycles. The molecule has 3 N–H and O–H groups in total. The van der Waals surface area contributed by atoms with Crippen LogP contribution < -0.4 is 10.6 Å². The quantitative estimate of drug-likeness (QED) is 0.373. The highest BCUT2D eigenvalue weighted by Crippen LogP contribution is 2.19. The molecule has 2 heterocycles. The third kappa shape index (κ3) is 5.46. The fourth-order valence-corrected chi connectivity index (χ4v) is 4.03. The normalized spacial score (nSPS) is 14.4. The van der Waals surface area contributed by atoms with Crippen molar-refractivity contribution in [2.75, 3.05) is 19.6 Å². The molecular formula is C25H30FN5O. The second kappa shape index (κ2) is 10.3. The van der Waals surface area contributed by atoms with Gasteiger partial charge in [0, 0.05) is 49.7 Å². The Kier molecular flexibility index (Phi) is 7.04. The van der Waals surface area contributed by atoms with E-state index in [2.05, 4.69) is 44.9 Å². The molecule has 3 aromatic rings. The number of likely N-dealkylation sites (tertiary alicyclic amines) is 1. The van der Waals surface area contributed by atoms with Gasteiger partial charge in [0.15, 0.2) is 5.96 Å². The number of halogens is 1. The lowest BCUT2D eigenvalue weighted by molar-refractivity contribution is -0.128. The first-order valence-corrected chi connectivity index (χ1v) is 11.3. The Hall–Kier alpha value is -3.35. The summed E-state index contributed by atoms with van der Waals surface area (Å²) < 4.78 is 13.6. The number of hydrogen-bond acceptors (Lipinski definition) is 2. The van der Waals surface area contributed by atoms with Crippen molar-refractivity contribution in [1.82, 2.24) is 20.5 Å². The van der Waals surface area contributed by atoms with Crippen LogP contribution in [0.2, 0.25) is 0 Å². The molecule has 0 atom stereocenters. The van der Waals surface area contributed by atoms with Crippen LogP contribution in [0.3, 0.4) is 0 Å². The standard InChI is InChI=1S/C25H30FN5O/c1-2-27-25(28-12-11-20-16-29-23-10-9-21(26)14-22(20)23)30-15-18-5-7-19(8-6-18)17-31-13-3-4-24(31)32/h5-10,14,16,29H,2-4,11-13,15,17H2,1H3,(H2,27,28,30). The molecule has 1 aliphatic rings. The molecule has 7 heteroatoms. The highest BCUT2D eigenvalue weighted by molar-refractivity contribution is 5.83. The van der Waals surface area contributed by atoms with Gasteiger partial charge in [0.2, 0.25) is 5.91 Å². The van der Waals surface area contributed by atoms with Gasteiger partial charge in [0.05, 0.1) is 6.54 Å². The van der Waals surface area contributed by atoms with Crippen LogP contribution in [0.4, 0.5) is 4.39 Å². The zero-order valence-electron chi connectivity index (χ0n) is 18.5. The van der Waals surface area contributed by atoms with Crippen LogP contribution in [0.25, 0.3) is 10.9 Å². The van der Waals surface area contributed by atoms with Gasteiger partial charge in [-0.2, -0.15) is 0 Å².